The first-order valence-corrected chi connectivity index (χ1v) is 11.8. The fourth-order valence-corrected chi connectivity index (χ4v) is 4.34. The second kappa shape index (κ2) is 11.6. The van der Waals surface area contributed by atoms with Crippen LogP contribution in [0.3, 0.4) is 0 Å². The lowest BCUT2D eigenvalue weighted by Crippen LogP contribution is -2.52. The molecule has 0 radical (unpaired) electrons. The SMILES string of the molecule is CCCOc1ccc(C(=O)N[C@@H](Cc2cc(C(=N)N)cs2)C(=O)NC(=O)[C@@H]2CCCN2)cc1. The van der Waals surface area contributed by atoms with Gasteiger partial charge in [0, 0.05) is 27.8 Å². The number of carbonyl (C=O) groups is 3. The Morgan fingerprint density at radius 3 is 2.64 bits per heavy atom. The summed E-state index contributed by atoms with van der Waals surface area (Å²) in [5.74, 6) is -0.831. The molecule has 0 spiro atoms. The number of hydrogen-bond donors (Lipinski definition) is 5. The number of rotatable bonds is 10. The maximum atomic E-state index is 12.9. The van der Waals surface area contributed by atoms with Gasteiger partial charge in [-0.05, 0) is 56.1 Å². The summed E-state index contributed by atoms with van der Waals surface area (Å²) in [7, 11) is 0. The van der Waals surface area contributed by atoms with Crippen LogP contribution in [0.25, 0.3) is 0 Å². The molecule has 10 heteroatoms. The van der Waals surface area contributed by atoms with E-state index >= 15 is 0 Å². The topological polar surface area (TPSA) is 146 Å². The van der Waals surface area contributed by atoms with Crippen LogP contribution >= 0.6 is 11.3 Å². The Morgan fingerprint density at radius 1 is 1.27 bits per heavy atom. The van der Waals surface area contributed by atoms with Crippen LogP contribution in [0.15, 0.2) is 35.7 Å². The molecule has 176 valence electrons. The molecule has 1 aliphatic rings. The Kier molecular flexibility index (Phi) is 8.56. The minimum atomic E-state index is -0.975. The van der Waals surface area contributed by atoms with E-state index in [4.69, 9.17) is 15.9 Å². The van der Waals surface area contributed by atoms with E-state index in [1.807, 2.05) is 6.92 Å². The third-order valence-corrected chi connectivity index (χ3v) is 6.16. The molecule has 0 saturated carbocycles. The summed E-state index contributed by atoms with van der Waals surface area (Å²) in [6.45, 7) is 3.32. The number of nitrogens with one attached hydrogen (secondary N) is 4. The zero-order chi connectivity index (χ0) is 23.8. The summed E-state index contributed by atoms with van der Waals surface area (Å²) in [5.41, 5.74) is 6.45. The summed E-state index contributed by atoms with van der Waals surface area (Å²) in [6, 6.07) is 6.98. The van der Waals surface area contributed by atoms with Crippen molar-refractivity contribution in [2.24, 2.45) is 5.73 Å². The highest BCUT2D eigenvalue weighted by Crippen LogP contribution is 2.17. The Labute approximate surface area is 196 Å². The van der Waals surface area contributed by atoms with E-state index in [1.165, 1.54) is 11.3 Å². The number of hydrogen-bond acceptors (Lipinski definition) is 7. The first-order chi connectivity index (χ1) is 15.9. The largest absolute Gasteiger partial charge is 0.494 e. The Bertz CT molecular complexity index is 999. The molecule has 1 aliphatic heterocycles. The van der Waals surface area contributed by atoms with Crippen molar-refractivity contribution < 1.29 is 19.1 Å². The predicted octanol–water partition coefficient (Wildman–Crippen LogP) is 1.56. The van der Waals surface area contributed by atoms with Crippen molar-refractivity contribution >= 4 is 34.9 Å². The molecule has 33 heavy (non-hydrogen) atoms. The summed E-state index contributed by atoms with van der Waals surface area (Å²) in [6.07, 6.45) is 2.57. The smallest absolute Gasteiger partial charge is 0.251 e. The molecule has 9 nitrogen and oxygen atoms in total. The number of nitrogen functional groups attached to an aromatic ring is 1. The minimum Gasteiger partial charge on any atom is -0.494 e. The van der Waals surface area contributed by atoms with Gasteiger partial charge >= 0.3 is 0 Å². The van der Waals surface area contributed by atoms with Crippen molar-refractivity contribution in [2.75, 3.05) is 13.2 Å². The van der Waals surface area contributed by atoms with Gasteiger partial charge < -0.3 is 21.1 Å². The predicted molar refractivity (Wildman–Crippen MR) is 127 cm³/mol. The number of imide groups is 1. The van der Waals surface area contributed by atoms with Crippen molar-refractivity contribution in [2.45, 2.75) is 44.7 Å². The van der Waals surface area contributed by atoms with Crippen molar-refractivity contribution in [3.63, 3.8) is 0 Å². The molecule has 0 aliphatic carbocycles. The van der Waals surface area contributed by atoms with Crippen molar-refractivity contribution in [3.05, 3.63) is 51.7 Å². The van der Waals surface area contributed by atoms with Gasteiger partial charge in [0.25, 0.3) is 5.91 Å². The van der Waals surface area contributed by atoms with Gasteiger partial charge in [0.1, 0.15) is 17.6 Å². The highest BCUT2D eigenvalue weighted by atomic mass is 32.1. The average molecular weight is 472 g/mol. The van der Waals surface area contributed by atoms with E-state index in [0.29, 0.717) is 29.9 Å². The zero-order valence-electron chi connectivity index (χ0n) is 18.5. The monoisotopic (exact) mass is 471 g/mol. The second-order valence-electron chi connectivity index (χ2n) is 7.82. The molecule has 1 saturated heterocycles. The molecule has 2 aromatic rings. The molecule has 1 aromatic carbocycles. The molecule has 2 heterocycles. The van der Waals surface area contributed by atoms with Gasteiger partial charge in [-0.2, -0.15) is 0 Å². The van der Waals surface area contributed by atoms with Gasteiger partial charge in [-0.3, -0.25) is 25.1 Å². The normalized spacial score (nSPS) is 16.1. The van der Waals surface area contributed by atoms with E-state index in [1.54, 1.807) is 35.7 Å². The third-order valence-electron chi connectivity index (χ3n) is 5.20. The Hall–Kier alpha value is -3.24. The average Bonchev–Trinajstić information content (AvgIpc) is 3.50. The number of ether oxygens (including phenoxy) is 1. The minimum absolute atomic E-state index is 0.0737. The quantitative estimate of drug-likeness (QED) is 0.262. The summed E-state index contributed by atoms with van der Waals surface area (Å²) in [4.78, 5) is 39.0. The van der Waals surface area contributed by atoms with Crippen LogP contribution in [-0.4, -0.2) is 48.8 Å². The molecule has 3 rings (SSSR count). The van der Waals surface area contributed by atoms with Gasteiger partial charge in [-0.15, -0.1) is 11.3 Å². The summed E-state index contributed by atoms with van der Waals surface area (Å²) >= 11 is 1.33. The number of amidine groups is 1. The molecule has 6 N–H and O–H groups in total. The summed E-state index contributed by atoms with van der Waals surface area (Å²) < 4.78 is 5.54. The maximum Gasteiger partial charge on any atom is 0.251 e. The van der Waals surface area contributed by atoms with Crippen molar-refractivity contribution in [3.8, 4) is 5.75 Å². The lowest BCUT2D eigenvalue weighted by Gasteiger charge is -2.19. The van der Waals surface area contributed by atoms with Gasteiger partial charge in [0.05, 0.1) is 12.6 Å². The number of carbonyl (C=O) groups excluding carboxylic acids is 3. The van der Waals surface area contributed by atoms with Crippen LogP contribution in [0.1, 0.15) is 47.0 Å². The fraction of sp³-hybridized carbons (Fsp3) is 0.391. The summed E-state index contributed by atoms with van der Waals surface area (Å²) in [5, 5.41) is 17.5. The molecule has 2 atom stereocenters. The zero-order valence-corrected chi connectivity index (χ0v) is 19.3. The Morgan fingerprint density at radius 2 is 2.03 bits per heavy atom. The standard InChI is InChI=1S/C23H29N5O4S/c1-2-10-32-16-7-5-14(6-8-16)21(29)27-19(12-17-11-15(13-33-17)20(24)25)23(31)28-22(30)18-4-3-9-26-18/h5-8,11,13,18-19,26H,2-4,9-10,12H2,1H3,(H3,24,25)(H,27,29)(H,28,30,31)/t18-,19-/m0/s1. The van der Waals surface area contributed by atoms with Crippen molar-refractivity contribution in [1.29, 1.82) is 5.41 Å². The molecular weight excluding hydrogens is 442 g/mol. The van der Waals surface area contributed by atoms with Gasteiger partial charge in [0.2, 0.25) is 11.8 Å². The Balaban J connectivity index is 1.71. The number of benzene rings is 1. The lowest BCUT2D eigenvalue weighted by atomic mass is 10.1. The third kappa shape index (κ3) is 6.87. The molecular formula is C23H29N5O4S. The van der Waals surface area contributed by atoms with E-state index in [2.05, 4.69) is 16.0 Å². The molecule has 3 amide bonds. The first kappa shape index (κ1) is 24.4. The maximum absolute atomic E-state index is 12.9. The van der Waals surface area contributed by atoms with E-state index in [0.717, 1.165) is 24.3 Å². The van der Waals surface area contributed by atoms with E-state index in [9.17, 15) is 14.4 Å². The van der Waals surface area contributed by atoms with Crippen LogP contribution in [0.5, 0.6) is 5.75 Å². The number of amides is 3. The second-order valence-corrected chi connectivity index (χ2v) is 8.82. The van der Waals surface area contributed by atoms with Crippen LogP contribution < -0.4 is 26.4 Å². The van der Waals surface area contributed by atoms with Crippen LogP contribution in [-0.2, 0) is 16.0 Å². The van der Waals surface area contributed by atoms with Gasteiger partial charge in [-0.25, -0.2) is 0 Å². The van der Waals surface area contributed by atoms with E-state index in [-0.39, 0.29) is 12.3 Å². The van der Waals surface area contributed by atoms with Crippen LogP contribution in [0.4, 0.5) is 0 Å². The van der Waals surface area contributed by atoms with Crippen LogP contribution in [0.2, 0.25) is 0 Å². The highest BCUT2D eigenvalue weighted by molar-refractivity contribution is 7.10. The van der Waals surface area contributed by atoms with E-state index < -0.39 is 29.8 Å². The van der Waals surface area contributed by atoms with Gasteiger partial charge in [0.15, 0.2) is 0 Å². The molecule has 0 bridgehead atoms. The molecule has 1 aromatic heterocycles. The van der Waals surface area contributed by atoms with Crippen LogP contribution in [0, 0.1) is 5.41 Å². The fourth-order valence-electron chi connectivity index (χ4n) is 3.41. The lowest BCUT2D eigenvalue weighted by molar-refractivity contribution is -0.132. The van der Waals surface area contributed by atoms with Crippen molar-refractivity contribution in [1.82, 2.24) is 16.0 Å². The number of nitrogens with two attached hydrogens (primary N) is 1. The highest BCUT2D eigenvalue weighted by Gasteiger charge is 2.28. The van der Waals surface area contributed by atoms with Gasteiger partial charge in [-0.1, -0.05) is 6.92 Å². The molecule has 1 fully saturated rings. The molecule has 0 unspecified atom stereocenters. The first-order valence-electron chi connectivity index (χ1n) is 10.9. The number of thiophene rings is 1.